The minimum Gasteiger partial charge on any atom is -0.321 e. The Morgan fingerprint density at radius 3 is 2.76 bits per heavy atom. The molecule has 86 valence electrons. The van der Waals surface area contributed by atoms with Crippen LogP contribution in [0.2, 0.25) is 5.15 Å². The summed E-state index contributed by atoms with van der Waals surface area (Å²) in [4.78, 5) is 2.21. The molecule has 0 radical (unpaired) electrons. The van der Waals surface area contributed by atoms with E-state index >= 15 is 0 Å². The highest BCUT2D eigenvalue weighted by Gasteiger charge is 2.27. The van der Waals surface area contributed by atoms with Crippen molar-refractivity contribution in [3.05, 3.63) is 47.1 Å². The van der Waals surface area contributed by atoms with Crippen molar-refractivity contribution in [3.8, 4) is 0 Å². The van der Waals surface area contributed by atoms with Crippen LogP contribution < -0.4 is 4.90 Å². The summed E-state index contributed by atoms with van der Waals surface area (Å²) in [6, 6.07) is 12.5. The van der Waals surface area contributed by atoms with Gasteiger partial charge in [-0.2, -0.15) is 0 Å². The Morgan fingerprint density at radius 2 is 2.00 bits per heavy atom. The minimum atomic E-state index is 0.405. The normalized spacial score (nSPS) is 18.2. The molecule has 0 amide bonds. The second-order valence-corrected chi connectivity index (χ2v) is 4.65. The third-order valence-electron chi connectivity index (χ3n) is 3.07. The first kappa shape index (κ1) is 10.5. The number of rotatable bonds is 1. The average Bonchev–Trinajstić information content (AvgIpc) is 2.66. The standard InChI is InChI=1S/C13H12ClN3/c1-9-8-10-4-2-3-5-11(10)17(9)13-7-6-12(14)15-16-13/h2-7,9H,8H2,1H3. The molecular weight excluding hydrogens is 234 g/mol. The van der Waals surface area contributed by atoms with Gasteiger partial charge >= 0.3 is 0 Å². The van der Waals surface area contributed by atoms with Crippen molar-refractivity contribution in [1.29, 1.82) is 0 Å². The van der Waals surface area contributed by atoms with E-state index in [-0.39, 0.29) is 0 Å². The predicted molar refractivity (Wildman–Crippen MR) is 68.8 cm³/mol. The molecule has 1 aliphatic heterocycles. The monoisotopic (exact) mass is 245 g/mol. The van der Waals surface area contributed by atoms with Gasteiger partial charge < -0.3 is 4.90 Å². The fraction of sp³-hybridized carbons (Fsp3) is 0.231. The number of fused-ring (bicyclic) bond motifs is 1. The number of anilines is 2. The number of para-hydroxylation sites is 1. The quantitative estimate of drug-likeness (QED) is 0.773. The molecule has 1 aromatic carbocycles. The maximum Gasteiger partial charge on any atom is 0.156 e. The summed E-state index contributed by atoms with van der Waals surface area (Å²) in [5.41, 5.74) is 2.58. The van der Waals surface area contributed by atoms with Gasteiger partial charge in [0.1, 0.15) is 0 Å². The van der Waals surface area contributed by atoms with Crippen molar-refractivity contribution in [2.45, 2.75) is 19.4 Å². The van der Waals surface area contributed by atoms with Crippen LogP contribution in [0.25, 0.3) is 0 Å². The molecule has 0 aliphatic carbocycles. The Bertz CT molecular complexity index is 539. The molecule has 1 atom stereocenters. The highest BCUT2D eigenvalue weighted by Crippen LogP contribution is 2.36. The van der Waals surface area contributed by atoms with E-state index < -0.39 is 0 Å². The summed E-state index contributed by atoms with van der Waals surface area (Å²) < 4.78 is 0. The highest BCUT2D eigenvalue weighted by atomic mass is 35.5. The first-order chi connectivity index (χ1) is 8.25. The first-order valence-corrected chi connectivity index (χ1v) is 6.00. The fourth-order valence-electron chi connectivity index (χ4n) is 2.35. The van der Waals surface area contributed by atoms with Gasteiger partial charge in [-0.15, -0.1) is 10.2 Å². The zero-order chi connectivity index (χ0) is 11.8. The second kappa shape index (κ2) is 4.00. The lowest BCUT2D eigenvalue weighted by Gasteiger charge is -2.22. The van der Waals surface area contributed by atoms with Crippen LogP contribution in [-0.2, 0) is 6.42 Å². The maximum absolute atomic E-state index is 5.76. The zero-order valence-corrected chi connectivity index (χ0v) is 10.2. The Labute approximate surface area is 105 Å². The number of nitrogens with zero attached hydrogens (tertiary/aromatic N) is 3. The highest BCUT2D eigenvalue weighted by molar-refractivity contribution is 6.29. The summed E-state index contributed by atoms with van der Waals surface area (Å²) >= 11 is 5.76. The molecule has 0 spiro atoms. The molecule has 0 bridgehead atoms. The predicted octanol–water partition coefficient (Wildman–Crippen LogP) is 3.21. The van der Waals surface area contributed by atoms with Crippen LogP contribution in [0.3, 0.4) is 0 Å². The van der Waals surface area contributed by atoms with Gasteiger partial charge in [-0.05, 0) is 37.1 Å². The van der Waals surface area contributed by atoms with Crippen molar-refractivity contribution in [2.75, 3.05) is 4.90 Å². The molecule has 4 heteroatoms. The second-order valence-electron chi connectivity index (χ2n) is 4.27. The molecule has 2 heterocycles. The fourth-order valence-corrected chi connectivity index (χ4v) is 2.45. The minimum absolute atomic E-state index is 0.405. The molecule has 0 fully saturated rings. The summed E-state index contributed by atoms with van der Waals surface area (Å²) in [6.07, 6.45) is 1.04. The summed E-state index contributed by atoms with van der Waals surface area (Å²) in [5, 5.41) is 8.48. The zero-order valence-electron chi connectivity index (χ0n) is 9.47. The van der Waals surface area contributed by atoms with Gasteiger partial charge in [0.05, 0.1) is 0 Å². The smallest absolute Gasteiger partial charge is 0.156 e. The van der Waals surface area contributed by atoms with E-state index in [2.05, 4.69) is 40.2 Å². The van der Waals surface area contributed by atoms with Crippen molar-refractivity contribution < 1.29 is 0 Å². The number of aromatic nitrogens is 2. The van der Waals surface area contributed by atoms with E-state index in [0.717, 1.165) is 12.2 Å². The molecule has 17 heavy (non-hydrogen) atoms. The van der Waals surface area contributed by atoms with Gasteiger partial charge in [0, 0.05) is 11.7 Å². The van der Waals surface area contributed by atoms with Crippen LogP contribution in [0, 0.1) is 0 Å². The van der Waals surface area contributed by atoms with Crippen molar-refractivity contribution >= 4 is 23.1 Å². The molecule has 1 aromatic heterocycles. The van der Waals surface area contributed by atoms with E-state index in [9.17, 15) is 0 Å². The lowest BCUT2D eigenvalue weighted by Crippen LogP contribution is -2.24. The maximum atomic E-state index is 5.76. The molecule has 1 aliphatic rings. The molecule has 1 unspecified atom stereocenters. The number of halogens is 1. The molecule has 0 saturated carbocycles. The number of benzene rings is 1. The molecule has 2 aromatic rings. The molecule has 3 nitrogen and oxygen atoms in total. The SMILES string of the molecule is CC1Cc2ccccc2N1c1ccc(Cl)nn1. The molecule has 3 rings (SSSR count). The van der Waals surface area contributed by atoms with E-state index in [4.69, 9.17) is 11.6 Å². The van der Waals surface area contributed by atoms with E-state index in [0.29, 0.717) is 11.2 Å². The lowest BCUT2D eigenvalue weighted by atomic mass is 10.1. The van der Waals surface area contributed by atoms with Gasteiger partial charge in [0.25, 0.3) is 0 Å². The first-order valence-electron chi connectivity index (χ1n) is 5.62. The Hall–Kier alpha value is -1.61. The summed E-state index contributed by atoms with van der Waals surface area (Å²) in [6.45, 7) is 2.19. The molecule has 0 N–H and O–H groups in total. The Morgan fingerprint density at radius 1 is 1.18 bits per heavy atom. The summed E-state index contributed by atoms with van der Waals surface area (Å²) in [5.74, 6) is 0.854. The molecular formula is C13H12ClN3. The van der Waals surface area contributed by atoms with Gasteiger partial charge in [0.2, 0.25) is 0 Å². The van der Waals surface area contributed by atoms with E-state index in [1.807, 2.05) is 12.1 Å². The van der Waals surface area contributed by atoms with Crippen molar-refractivity contribution in [1.82, 2.24) is 10.2 Å². The van der Waals surface area contributed by atoms with Crippen LogP contribution in [0.4, 0.5) is 11.5 Å². The lowest BCUT2D eigenvalue weighted by molar-refractivity contribution is 0.743. The average molecular weight is 246 g/mol. The third kappa shape index (κ3) is 1.76. The Kier molecular flexibility index (Phi) is 2.48. The van der Waals surface area contributed by atoms with Crippen LogP contribution in [0.5, 0.6) is 0 Å². The van der Waals surface area contributed by atoms with Crippen LogP contribution in [0.15, 0.2) is 36.4 Å². The van der Waals surface area contributed by atoms with Crippen LogP contribution in [0.1, 0.15) is 12.5 Å². The van der Waals surface area contributed by atoms with Crippen molar-refractivity contribution in [2.24, 2.45) is 0 Å². The van der Waals surface area contributed by atoms with Crippen LogP contribution in [-0.4, -0.2) is 16.2 Å². The van der Waals surface area contributed by atoms with Gasteiger partial charge in [-0.1, -0.05) is 29.8 Å². The Balaban J connectivity index is 2.06. The largest absolute Gasteiger partial charge is 0.321 e. The van der Waals surface area contributed by atoms with Gasteiger partial charge in [0.15, 0.2) is 11.0 Å². The third-order valence-corrected chi connectivity index (χ3v) is 3.27. The van der Waals surface area contributed by atoms with Crippen LogP contribution >= 0.6 is 11.6 Å². The summed E-state index contributed by atoms with van der Waals surface area (Å²) in [7, 11) is 0. The van der Waals surface area contributed by atoms with E-state index in [1.165, 1.54) is 11.3 Å². The van der Waals surface area contributed by atoms with Gasteiger partial charge in [-0.3, -0.25) is 0 Å². The topological polar surface area (TPSA) is 29.0 Å². The van der Waals surface area contributed by atoms with E-state index in [1.54, 1.807) is 6.07 Å². The number of hydrogen-bond acceptors (Lipinski definition) is 3. The van der Waals surface area contributed by atoms with Crippen molar-refractivity contribution in [3.63, 3.8) is 0 Å². The van der Waals surface area contributed by atoms with Gasteiger partial charge in [-0.25, -0.2) is 0 Å². The molecule has 0 saturated heterocycles. The number of hydrogen-bond donors (Lipinski definition) is 0.